The lowest BCUT2D eigenvalue weighted by molar-refractivity contribution is -0.385. The molecule has 142 valence electrons. The lowest BCUT2D eigenvalue weighted by atomic mass is 10.1. The molecule has 2 aromatic rings. The Labute approximate surface area is 154 Å². The van der Waals surface area contributed by atoms with E-state index in [4.69, 9.17) is 0 Å². The molecule has 1 amide bonds. The Morgan fingerprint density at radius 3 is 2.41 bits per heavy atom. The molecule has 0 unspecified atom stereocenters. The summed E-state index contributed by atoms with van der Waals surface area (Å²) in [5, 5.41) is 14.4. The van der Waals surface area contributed by atoms with Gasteiger partial charge >= 0.3 is 0 Å². The highest BCUT2D eigenvalue weighted by Gasteiger charge is 2.26. The molecule has 1 aliphatic rings. The molecule has 1 saturated heterocycles. The molecule has 0 aliphatic carbocycles. The number of alkyl halides is 2. The van der Waals surface area contributed by atoms with Gasteiger partial charge in [0.1, 0.15) is 5.56 Å². The molecule has 2 aromatic carbocycles. The monoisotopic (exact) mass is 375 g/mol. The highest BCUT2D eigenvalue weighted by molar-refractivity contribution is 5.99. The number of amides is 1. The van der Waals surface area contributed by atoms with Crippen molar-refractivity contribution in [1.82, 2.24) is 4.90 Å². The van der Waals surface area contributed by atoms with Gasteiger partial charge in [-0.3, -0.25) is 14.9 Å². The van der Waals surface area contributed by atoms with E-state index in [0.29, 0.717) is 25.3 Å². The minimum atomic E-state index is -2.51. The highest BCUT2D eigenvalue weighted by atomic mass is 19.3. The number of halogens is 2. The van der Waals surface area contributed by atoms with E-state index in [1.807, 2.05) is 0 Å². The number of likely N-dealkylation sites (tertiary alicyclic amines) is 1. The molecule has 27 heavy (non-hydrogen) atoms. The zero-order chi connectivity index (χ0) is 19.4. The number of nitrogens with one attached hydrogen (secondary N) is 1. The number of nitro benzene ring substituents is 1. The Bertz CT molecular complexity index is 835. The van der Waals surface area contributed by atoms with Crippen LogP contribution < -0.4 is 5.32 Å². The topological polar surface area (TPSA) is 75.5 Å². The Hall–Kier alpha value is -3.03. The number of rotatable bonds is 6. The molecule has 0 radical (unpaired) electrons. The fourth-order valence-corrected chi connectivity index (χ4v) is 3.05. The maximum absolute atomic E-state index is 12.6. The standard InChI is InChI=1S/C19H19F2N3O3/c20-18(21)14-5-3-13(4-6-14)12-22-15-7-8-17(24(26)27)16(11-15)19(25)23-9-1-2-10-23/h3-8,11,18,22H,1-2,9-10,12H2. The van der Waals surface area contributed by atoms with Gasteiger partial charge in [-0.05, 0) is 30.5 Å². The summed E-state index contributed by atoms with van der Waals surface area (Å²) in [6, 6.07) is 10.2. The smallest absolute Gasteiger partial charge is 0.282 e. The lowest BCUT2D eigenvalue weighted by Crippen LogP contribution is -2.28. The van der Waals surface area contributed by atoms with Gasteiger partial charge in [-0.2, -0.15) is 0 Å². The van der Waals surface area contributed by atoms with E-state index in [-0.39, 0.29) is 22.7 Å². The second kappa shape index (κ2) is 8.11. The second-order valence-electron chi connectivity index (χ2n) is 6.38. The van der Waals surface area contributed by atoms with Crippen molar-refractivity contribution in [3.8, 4) is 0 Å². The van der Waals surface area contributed by atoms with Gasteiger partial charge in [-0.1, -0.05) is 24.3 Å². The minimum Gasteiger partial charge on any atom is -0.381 e. The third-order valence-electron chi connectivity index (χ3n) is 4.55. The molecule has 1 fully saturated rings. The summed E-state index contributed by atoms with van der Waals surface area (Å²) in [6.07, 6.45) is -0.723. The van der Waals surface area contributed by atoms with Gasteiger partial charge in [0.2, 0.25) is 0 Å². The van der Waals surface area contributed by atoms with E-state index in [1.165, 1.54) is 30.3 Å². The molecule has 0 atom stereocenters. The first-order valence-electron chi connectivity index (χ1n) is 8.64. The van der Waals surface area contributed by atoms with Crippen LogP contribution in [0.5, 0.6) is 0 Å². The number of nitrogens with zero attached hydrogens (tertiary/aromatic N) is 2. The maximum atomic E-state index is 12.6. The van der Waals surface area contributed by atoms with Crippen molar-refractivity contribution in [2.45, 2.75) is 25.8 Å². The Morgan fingerprint density at radius 2 is 1.81 bits per heavy atom. The van der Waals surface area contributed by atoms with Crippen LogP contribution in [0.15, 0.2) is 42.5 Å². The molecule has 0 spiro atoms. The number of hydrogen-bond acceptors (Lipinski definition) is 4. The van der Waals surface area contributed by atoms with Crippen molar-refractivity contribution in [1.29, 1.82) is 0 Å². The summed E-state index contributed by atoms with van der Waals surface area (Å²) < 4.78 is 25.2. The van der Waals surface area contributed by atoms with Gasteiger partial charge in [0.05, 0.1) is 4.92 Å². The van der Waals surface area contributed by atoms with Crippen molar-refractivity contribution in [2.75, 3.05) is 18.4 Å². The largest absolute Gasteiger partial charge is 0.381 e. The van der Waals surface area contributed by atoms with Crippen LogP contribution in [0.3, 0.4) is 0 Å². The molecule has 3 rings (SSSR count). The summed E-state index contributed by atoms with van der Waals surface area (Å²) in [5.41, 5.74) is 1.12. The molecule has 1 N–H and O–H groups in total. The minimum absolute atomic E-state index is 0.0485. The number of carbonyl (C=O) groups is 1. The highest BCUT2D eigenvalue weighted by Crippen LogP contribution is 2.26. The van der Waals surface area contributed by atoms with E-state index in [0.717, 1.165) is 18.4 Å². The fraction of sp³-hybridized carbons (Fsp3) is 0.316. The maximum Gasteiger partial charge on any atom is 0.282 e. The predicted octanol–water partition coefficient (Wildman–Crippen LogP) is 4.38. The average Bonchev–Trinajstić information content (AvgIpc) is 3.20. The molecule has 6 nitrogen and oxygen atoms in total. The van der Waals surface area contributed by atoms with Crippen LogP contribution in [0.4, 0.5) is 20.2 Å². The molecular weight excluding hydrogens is 356 g/mol. The van der Waals surface area contributed by atoms with E-state index in [9.17, 15) is 23.7 Å². The Morgan fingerprint density at radius 1 is 1.15 bits per heavy atom. The van der Waals surface area contributed by atoms with Crippen molar-refractivity contribution in [3.05, 3.63) is 69.3 Å². The Kier molecular flexibility index (Phi) is 5.63. The molecule has 1 aliphatic heterocycles. The van der Waals surface area contributed by atoms with E-state index in [1.54, 1.807) is 17.0 Å². The van der Waals surface area contributed by atoms with Crippen LogP contribution in [0.1, 0.15) is 40.8 Å². The number of hydrogen-bond donors (Lipinski definition) is 1. The summed E-state index contributed by atoms with van der Waals surface area (Å²) in [7, 11) is 0. The van der Waals surface area contributed by atoms with Crippen LogP contribution in [-0.2, 0) is 6.54 Å². The fourth-order valence-electron chi connectivity index (χ4n) is 3.05. The second-order valence-corrected chi connectivity index (χ2v) is 6.38. The summed E-state index contributed by atoms with van der Waals surface area (Å²) in [6.45, 7) is 1.55. The molecule has 0 saturated carbocycles. The van der Waals surface area contributed by atoms with Crippen molar-refractivity contribution < 1.29 is 18.5 Å². The number of carbonyl (C=O) groups excluding carboxylic acids is 1. The summed E-state index contributed by atoms with van der Waals surface area (Å²) in [4.78, 5) is 25.0. The van der Waals surface area contributed by atoms with Crippen LogP contribution in [0, 0.1) is 10.1 Å². The van der Waals surface area contributed by atoms with Gasteiger partial charge in [0.25, 0.3) is 18.0 Å². The molecule has 0 aromatic heterocycles. The third kappa shape index (κ3) is 4.39. The van der Waals surface area contributed by atoms with E-state index < -0.39 is 11.3 Å². The molecule has 8 heteroatoms. The predicted molar refractivity (Wildman–Crippen MR) is 97.0 cm³/mol. The van der Waals surface area contributed by atoms with Crippen LogP contribution in [-0.4, -0.2) is 28.8 Å². The molecule has 1 heterocycles. The third-order valence-corrected chi connectivity index (χ3v) is 4.55. The van der Waals surface area contributed by atoms with Crippen molar-refractivity contribution in [2.24, 2.45) is 0 Å². The van der Waals surface area contributed by atoms with Gasteiger partial charge in [0, 0.05) is 37.0 Å². The van der Waals surface area contributed by atoms with E-state index in [2.05, 4.69) is 5.32 Å². The van der Waals surface area contributed by atoms with Gasteiger partial charge in [-0.15, -0.1) is 0 Å². The van der Waals surface area contributed by atoms with Gasteiger partial charge < -0.3 is 10.2 Å². The van der Waals surface area contributed by atoms with Gasteiger partial charge in [0.15, 0.2) is 0 Å². The normalized spacial score (nSPS) is 13.8. The first-order valence-corrected chi connectivity index (χ1v) is 8.64. The molecular formula is C19H19F2N3O3. The van der Waals surface area contributed by atoms with Crippen molar-refractivity contribution >= 4 is 17.3 Å². The first-order chi connectivity index (χ1) is 13.0. The zero-order valence-electron chi connectivity index (χ0n) is 14.5. The number of nitro groups is 1. The first kappa shape index (κ1) is 18.8. The lowest BCUT2D eigenvalue weighted by Gasteiger charge is -2.16. The van der Waals surface area contributed by atoms with E-state index >= 15 is 0 Å². The van der Waals surface area contributed by atoms with Crippen LogP contribution in [0.2, 0.25) is 0 Å². The quantitative estimate of drug-likeness (QED) is 0.600. The molecule has 0 bridgehead atoms. The van der Waals surface area contributed by atoms with Gasteiger partial charge in [-0.25, -0.2) is 8.78 Å². The number of anilines is 1. The summed E-state index contributed by atoms with van der Waals surface area (Å²) >= 11 is 0. The zero-order valence-corrected chi connectivity index (χ0v) is 14.5. The average molecular weight is 375 g/mol. The number of benzene rings is 2. The summed E-state index contributed by atoms with van der Waals surface area (Å²) in [5.74, 6) is -0.343. The van der Waals surface area contributed by atoms with Crippen LogP contribution >= 0.6 is 0 Å². The Balaban J connectivity index is 1.76. The van der Waals surface area contributed by atoms with Crippen LogP contribution in [0.25, 0.3) is 0 Å². The SMILES string of the molecule is O=C(c1cc(NCc2ccc(C(F)F)cc2)ccc1[N+](=O)[O-])N1CCCC1. The van der Waals surface area contributed by atoms with Crippen molar-refractivity contribution in [3.63, 3.8) is 0 Å².